The van der Waals surface area contributed by atoms with Gasteiger partial charge in [-0.15, -0.1) is 5.10 Å². The number of ether oxygens (including phenoxy) is 1. The van der Waals surface area contributed by atoms with Crippen molar-refractivity contribution in [3.63, 3.8) is 0 Å². The molecular formula is C20H20N6O2. The quantitative estimate of drug-likeness (QED) is 0.549. The number of nitrogens with zero attached hydrogens (tertiary/aromatic N) is 6. The van der Waals surface area contributed by atoms with Crippen LogP contribution < -0.4 is 5.56 Å². The molecule has 1 saturated heterocycles. The highest BCUT2D eigenvalue weighted by atomic mass is 16.5. The zero-order valence-corrected chi connectivity index (χ0v) is 15.5. The Balaban J connectivity index is 1.65. The standard InChI is InChI=1S/C20H20N6O2/c1-12-15(8-9-28-12)26-17-5-3-2-4-16(17)24-11-21-19(18(24)20(26)27)25-10-14(22-23-25)13-6-7-13/h2-5,10-13,15H,6-9H2,1H3. The summed E-state index contributed by atoms with van der Waals surface area (Å²) in [4.78, 5) is 18.2. The lowest BCUT2D eigenvalue weighted by molar-refractivity contribution is 0.108. The lowest BCUT2D eigenvalue weighted by atomic mass is 10.1. The molecule has 8 heteroatoms. The fourth-order valence-electron chi connectivity index (χ4n) is 4.32. The number of benzene rings is 1. The second kappa shape index (κ2) is 5.75. The molecule has 4 aromatic rings. The van der Waals surface area contributed by atoms with Crippen molar-refractivity contribution >= 4 is 16.6 Å². The predicted octanol–water partition coefficient (Wildman–Crippen LogP) is 2.46. The molecule has 1 saturated carbocycles. The van der Waals surface area contributed by atoms with Crippen molar-refractivity contribution in [2.24, 2.45) is 0 Å². The Kier molecular flexibility index (Phi) is 3.28. The maximum absolute atomic E-state index is 13.7. The van der Waals surface area contributed by atoms with Gasteiger partial charge in [0.1, 0.15) is 6.33 Å². The molecule has 3 aromatic heterocycles. The molecule has 28 heavy (non-hydrogen) atoms. The van der Waals surface area contributed by atoms with E-state index in [1.165, 1.54) is 0 Å². The van der Waals surface area contributed by atoms with E-state index in [1.807, 2.05) is 46.4 Å². The molecule has 2 atom stereocenters. The van der Waals surface area contributed by atoms with Gasteiger partial charge >= 0.3 is 0 Å². The summed E-state index contributed by atoms with van der Waals surface area (Å²) in [6, 6.07) is 7.94. The summed E-state index contributed by atoms with van der Waals surface area (Å²) in [6.45, 7) is 2.69. The summed E-state index contributed by atoms with van der Waals surface area (Å²) >= 11 is 0. The fraction of sp³-hybridized carbons (Fsp3) is 0.400. The van der Waals surface area contributed by atoms with Crippen molar-refractivity contribution in [3.8, 4) is 5.82 Å². The molecule has 142 valence electrons. The average Bonchev–Trinajstić information content (AvgIpc) is 3.10. The first-order valence-electron chi connectivity index (χ1n) is 9.77. The largest absolute Gasteiger partial charge is 0.376 e. The summed E-state index contributed by atoms with van der Waals surface area (Å²) in [5.41, 5.74) is 3.25. The molecule has 0 bridgehead atoms. The Morgan fingerprint density at radius 2 is 1.96 bits per heavy atom. The maximum atomic E-state index is 13.7. The van der Waals surface area contributed by atoms with Gasteiger partial charge in [0.2, 0.25) is 0 Å². The van der Waals surface area contributed by atoms with Gasteiger partial charge in [0.15, 0.2) is 11.3 Å². The first-order chi connectivity index (χ1) is 13.7. The van der Waals surface area contributed by atoms with Crippen LogP contribution in [-0.4, -0.2) is 41.7 Å². The summed E-state index contributed by atoms with van der Waals surface area (Å²) in [5, 5.41) is 8.53. The summed E-state index contributed by atoms with van der Waals surface area (Å²) < 4.78 is 11.1. The van der Waals surface area contributed by atoms with E-state index in [0.29, 0.717) is 23.9 Å². The van der Waals surface area contributed by atoms with Crippen LogP contribution in [0.4, 0.5) is 0 Å². The fourth-order valence-corrected chi connectivity index (χ4v) is 4.32. The number of imidazole rings is 1. The Bertz CT molecular complexity index is 1260. The first kappa shape index (κ1) is 16.0. The third-order valence-corrected chi connectivity index (χ3v) is 5.96. The lowest BCUT2D eigenvalue weighted by Gasteiger charge is -2.20. The van der Waals surface area contributed by atoms with Gasteiger partial charge in [-0.05, 0) is 38.3 Å². The Morgan fingerprint density at radius 3 is 2.71 bits per heavy atom. The van der Waals surface area contributed by atoms with Gasteiger partial charge in [-0.25, -0.2) is 4.98 Å². The number of rotatable bonds is 3. The molecule has 2 aliphatic rings. The molecule has 0 N–H and O–H groups in total. The molecule has 2 fully saturated rings. The molecular weight excluding hydrogens is 356 g/mol. The van der Waals surface area contributed by atoms with Gasteiger partial charge in [-0.1, -0.05) is 17.3 Å². The zero-order chi connectivity index (χ0) is 18.8. The Morgan fingerprint density at radius 1 is 1.14 bits per heavy atom. The van der Waals surface area contributed by atoms with Crippen molar-refractivity contribution in [2.75, 3.05) is 6.61 Å². The van der Waals surface area contributed by atoms with Crippen molar-refractivity contribution in [2.45, 2.75) is 44.2 Å². The molecule has 1 aliphatic heterocycles. The van der Waals surface area contributed by atoms with E-state index in [1.54, 1.807) is 11.0 Å². The molecule has 2 unspecified atom stereocenters. The monoisotopic (exact) mass is 376 g/mol. The summed E-state index contributed by atoms with van der Waals surface area (Å²) in [7, 11) is 0. The highest BCUT2D eigenvalue weighted by Crippen LogP contribution is 2.38. The molecule has 1 aromatic carbocycles. The van der Waals surface area contributed by atoms with Crippen LogP contribution in [-0.2, 0) is 4.74 Å². The lowest BCUT2D eigenvalue weighted by Crippen LogP contribution is -2.30. The minimum absolute atomic E-state index is 0.00271. The topological polar surface area (TPSA) is 79.2 Å². The smallest absolute Gasteiger partial charge is 0.279 e. The molecule has 6 rings (SSSR count). The molecule has 0 amide bonds. The van der Waals surface area contributed by atoms with Gasteiger partial charge in [-0.3, -0.25) is 13.8 Å². The van der Waals surface area contributed by atoms with Crippen LogP contribution in [0, 0.1) is 0 Å². The molecule has 0 radical (unpaired) electrons. The van der Waals surface area contributed by atoms with Crippen molar-refractivity contribution < 1.29 is 4.74 Å². The number of aromatic nitrogens is 6. The minimum atomic E-state index is -0.0722. The van der Waals surface area contributed by atoms with Gasteiger partial charge in [0, 0.05) is 12.5 Å². The summed E-state index contributed by atoms with van der Waals surface area (Å²) in [6.07, 6.45) is 6.72. The van der Waals surface area contributed by atoms with Gasteiger partial charge in [0.25, 0.3) is 5.56 Å². The van der Waals surface area contributed by atoms with E-state index in [9.17, 15) is 4.79 Å². The highest BCUT2D eigenvalue weighted by molar-refractivity contribution is 5.81. The van der Waals surface area contributed by atoms with Crippen LogP contribution in [0.5, 0.6) is 0 Å². The SMILES string of the molecule is CC1OCCC1n1c(=O)c2c(-n3cc(C4CC4)nn3)ncn2c2ccccc21. The van der Waals surface area contributed by atoms with E-state index in [2.05, 4.69) is 15.3 Å². The van der Waals surface area contributed by atoms with Crippen molar-refractivity contribution in [1.29, 1.82) is 0 Å². The molecule has 1 aliphatic carbocycles. The number of fused-ring (bicyclic) bond motifs is 3. The molecule has 8 nitrogen and oxygen atoms in total. The van der Waals surface area contributed by atoms with E-state index in [0.717, 1.165) is 36.0 Å². The van der Waals surface area contributed by atoms with Gasteiger partial charge < -0.3 is 4.74 Å². The predicted molar refractivity (Wildman–Crippen MR) is 103 cm³/mol. The third kappa shape index (κ3) is 2.21. The van der Waals surface area contributed by atoms with E-state index < -0.39 is 0 Å². The van der Waals surface area contributed by atoms with Crippen LogP contribution in [0.15, 0.2) is 41.6 Å². The molecule has 4 heterocycles. The average molecular weight is 376 g/mol. The van der Waals surface area contributed by atoms with Crippen molar-refractivity contribution in [3.05, 3.63) is 52.8 Å². The normalized spacial score (nSPS) is 22.5. The van der Waals surface area contributed by atoms with Crippen LogP contribution in [0.1, 0.15) is 43.8 Å². The zero-order valence-electron chi connectivity index (χ0n) is 15.5. The third-order valence-electron chi connectivity index (χ3n) is 5.96. The van der Waals surface area contributed by atoms with Crippen molar-refractivity contribution in [1.82, 2.24) is 28.9 Å². The number of hydrogen-bond donors (Lipinski definition) is 0. The first-order valence-corrected chi connectivity index (χ1v) is 9.77. The summed E-state index contributed by atoms with van der Waals surface area (Å²) in [5.74, 6) is 1.02. The van der Waals surface area contributed by atoms with Crippen LogP contribution in [0.25, 0.3) is 22.4 Å². The van der Waals surface area contributed by atoms with E-state index in [4.69, 9.17) is 4.74 Å². The second-order valence-corrected chi connectivity index (χ2v) is 7.74. The van der Waals surface area contributed by atoms with E-state index >= 15 is 0 Å². The maximum Gasteiger partial charge on any atom is 0.279 e. The Labute approximate surface area is 160 Å². The van der Waals surface area contributed by atoms with Crippen LogP contribution in [0.2, 0.25) is 0 Å². The number of para-hydroxylation sites is 2. The van der Waals surface area contributed by atoms with E-state index in [-0.39, 0.29) is 17.7 Å². The molecule has 0 spiro atoms. The number of hydrogen-bond acceptors (Lipinski definition) is 5. The van der Waals surface area contributed by atoms with Gasteiger partial charge in [0.05, 0.1) is 35.1 Å². The van der Waals surface area contributed by atoms with Gasteiger partial charge in [-0.2, -0.15) is 4.68 Å². The Hall–Kier alpha value is -3.00. The minimum Gasteiger partial charge on any atom is -0.376 e. The van der Waals surface area contributed by atoms with Crippen LogP contribution in [0.3, 0.4) is 0 Å². The second-order valence-electron chi connectivity index (χ2n) is 7.74. The highest BCUT2D eigenvalue weighted by Gasteiger charge is 2.31. The van der Waals surface area contributed by atoms with Crippen LogP contribution >= 0.6 is 0 Å².